The molecule has 2 atom stereocenters. The number of halogens is 3. The monoisotopic (exact) mass is 463 g/mol. The van der Waals surface area contributed by atoms with Crippen LogP contribution in [0.2, 0.25) is 0 Å². The molecule has 2 fully saturated rings. The zero-order chi connectivity index (χ0) is 24.2. The summed E-state index contributed by atoms with van der Waals surface area (Å²) in [5, 5.41) is 16.0. The van der Waals surface area contributed by atoms with Crippen LogP contribution in [0.5, 0.6) is 5.88 Å². The first kappa shape index (κ1) is 23.8. The van der Waals surface area contributed by atoms with Gasteiger partial charge in [-0.15, -0.1) is 0 Å². The van der Waals surface area contributed by atoms with Crippen molar-refractivity contribution in [2.24, 2.45) is 0 Å². The third-order valence-corrected chi connectivity index (χ3v) is 5.47. The minimum Gasteiger partial charge on any atom is -0.481 e. The number of rotatable bonds is 3. The number of amides is 1. The van der Waals surface area contributed by atoms with E-state index in [1.807, 2.05) is 11.0 Å². The normalized spacial score (nSPS) is 19.2. The maximum Gasteiger partial charge on any atom is 0.490 e. The second kappa shape index (κ2) is 9.72. The topological polar surface area (TPSA) is 120 Å². The molecule has 0 aliphatic carbocycles. The van der Waals surface area contributed by atoms with Gasteiger partial charge in [0.15, 0.2) is 0 Å². The number of carbonyl (C=O) groups excluding carboxylic acids is 1. The fourth-order valence-corrected chi connectivity index (χ4v) is 3.97. The molecule has 2 aliphatic heterocycles. The van der Waals surface area contributed by atoms with Crippen molar-refractivity contribution < 1.29 is 32.6 Å². The Labute approximate surface area is 187 Å². The number of likely N-dealkylation sites (tertiary alicyclic amines) is 1. The minimum atomic E-state index is -5.08. The number of methoxy groups -OCH3 is 1. The molecule has 0 spiro atoms. The van der Waals surface area contributed by atoms with Gasteiger partial charge in [0.05, 0.1) is 30.8 Å². The van der Waals surface area contributed by atoms with Crippen LogP contribution in [-0.2, 0) is 4.79 Å². The minimum absolute atomic E-state index is 0.0316. The number of fused-ring (bicyclic) bond motifs is 1. The average Bonchev–Trinajstić information content (AvgIpc) is 3.41. The van der Waals surface area contributed by atoms with Crippen molar-refractivity contribution in [3.8, 4) is 11.9 Å². The number of aromatic nitrogens is 2. The Kier molecular flexibility index (Phi) is 7.01. The Morgan fingerprint density at radius 1 is 1.15 bits per heavy atom. The van der Waals surface area contributed by atoms with Gasteiger partial charge in [0, 0.05) is 24.7 Å². The number of nitriles is 1. The van der Waals surface area contributed by atoms with Crippen LogP contribution in [0.3, 0.4) is 0 Å². The van der Waals surface area contributed by atoms with Crippen LogP contribution >= 0.6 is 0 Å². The zero-order valence-corrected chi connectivity index (χ0v) is 17.5. The molecular weight excluding hydrogens is 443 g/mol. The molecule has 2 aromatic rings. The molecule has 9 nitrogen and oxygen atoms in total. The number of hydrogen-bond donors (Lipinski definition) is 1. The molecular formula is C21H20F3N5O4. The fraction of sp³-hybridized carbons (Fsp3) is 0.381. The molecule has 174 valence electrons. The highest BCUT2D eigenvalue weighted by molar-refractivity contribution is 5.95. The number of alkyl halides is 3. The van der Waals surface area contributed by atoms with Gasteiger partial charge >= 0.3 is 12.1 Å². The third kappa shape index (κ3) is 5.31. The van der Waals surface area contributed by atoms with E-state index in [9.17, 15) is 18.0 Å². The van der Waals surface area contributed by atoms with E-state index in [0.717, 1.165) is 31.7 Å². The van der Waals surface area contributed by atoms with Gasteiger partial charge in [0.2, 0.25) is 5.88 Å². The Morgan fingerprint density at radius 3 is 2.36 bits per heavy atom. The van der Waals surface area contributed by atoms with Crippen molar-refractivity contribution in [3.05, 3.63) is 47.8 Å². The lowest BCUT2D eigenvalue weighted by Gasteiger charge is -2.26. The van der Waals surface area contributed by atoms with E-state index >= 15 is 0 Å². The van der Waals surface area contributed by atoms with Gasteiger partial charge in [-0.05, 0) is 37.1 Å². The van der Waals surface area contributed by atoms with Crippen LogP contribution in [0.15, 0.2) is 36.7 Å². The summed E-state index contributed by atoms with van der Waals surface area (Å²) in [6.45, 7) is 1.58. The van der Waals surface area contributed by atoms with Gasteiger partial charge in [-0.25, -0.2) is 14.8 Å². The molecule has 0 radical (unpaired) electrons. The maximum atomic E-state index is 12.9. The molecule has 0 bridgehead atoms. The maximum absolute atomic E-state index is 12.9. The summed E-state index contributed by atoms with van der Waals surface area (Å²) < 4.78 is 36.9. The average molecular weight is 463 g/mol. The fourth-order valence-electron chi connectivity index (χ4n) is 3.97. The zero-order valence-electron chi connectivity index (χ0n) is 17.5. The summed E-state index contributed by atoms with van der Waals surface area (Å²) in [5.74, 6) is -1.34. The number of carboxylic acid groups (broad SMARTS) is 1. The molecule has 1 N–H and O–H groups in total. The highest BCUT2D eigenvalue weighted by Gasteiger charge is 2.45. The highest BCUT2D eigenvalue weighted by atomic mass is 19.4. The quantitative estimate of drug-likeness (QED) is 0.737. The second-order valence-electron chi connectivity index (χ2n) is 7.31. The van der Waals surface area contributed by atoms with Crippen LogP contribution in [0.4, 0.5) is 19.0 Å². The predicted molar refractivity (Wildman–Crippen MR) is 109 cm³/mol. The van der Waals surface area contributed by atoms with Crippen LogP contribution in [0.25, 0.3) is 0 Å². The van der Waals surface area contributed by atoms with Gasteiger partial charge in [0.25, 0.3) is 5.91 Å². The number of carboxylic acids is 1. The van der Waals surface area contributed by atoms with Crippen molar-refractivity contribution >= 4 is 17.7 Å². The Bertz CT molecular complexity index is 1060. The smallest absolute Gasteiger partial charge is 0.481 e. The summed E-state index contributed by atoms with van der Waals surface area (Å²) in [7, 11) is 1.59. The molecule has 2 saturated heterocycles. The molecule has 2 aliphatic rings. The van der Waals surface area contributed by atoms with Crippen LogP contribution in [0, 0.1) is 11.3 Å². The Morgan fingerprint density at radius 2 is 1.79 bits per heavy atom. The van der Waals surface area contributed by atoms with Gasteiger partial charge < -0.3 is 19.6 Å². The summed E-state index contributed by atoms with van der Waals surface area (Å²) in [6.07, 6.45) is -1.74. The van der Waals surface area contributed by atoms with E-state index in [1.54, 1.807) is 31.4 Å². The number of aliphatic carboxylic acids is 1. The van der Waals surface area contributed by atoms with E-state index in [2.05, 4.69) is 20.9 Å². The highest BCUT2D eigenvalue weighted by Crippen LogP contribution is 2.35. The number of hydrogen-bond acceptors (Lipinski definition) is 7. The van der Waals surface area contributed by atoms with Crippen LogP contribution < -0.4 is 9.64 Å². The molecule has 1 amide bonds. The lowest BCUT2D eigenvalue weighted by atomic mass is 10.1. The molecule has 1 aromatic carbocycles. The molecule has 0 unspecified atom stereocenters. The van der Waals surface area contributed by atoms with Crippen molar-refractivity contribution in [1.82, 2.24) is 14.9 Å². The first-order chi connectivity index (χ1) is 15.7. The predicted octanol–water partition coefficient (Wildman–Crippen LogP) is 2.48. The number of nitrogens with zero attached hydrogens (tertiary/aromatic N) is 5. The van der Waals surface area contributed by atoms with E-state index in [0.29, 0.717) is 17.0 Å². The number of anilines is 1. The standard InChI is InChI=1S/C19H19N5O2.C2HF3O2/c1-26-18-10-17(21-12-22-18)23-8-6-16-15(23)7-9-24(16)19(25)14-4-2-13(11-20)3-5-14;3-2(4,5)1(6)7/h2-5,10,12,15-16H,6-9H2,1H3;(H,6,7)/t15-,16+;/m0./s1. The lowest BCUT2D eigenvalue weighted by molar-refractivity contribution is -0.192. The lowest BCUT2D eigenvalue weighted by Crippen LogP contribution is -2.40. The molecule has 1 aromatic heterocycles. The van der Waals surface area contributed by atoms with Crippen LogP contribution in [-0.4, -0.2) is 70.3 Å². The number of carbonyl (C=O) groups is 2. The molecule has 12 heteroatoms. The van der Waals surface area contributed by atoms with Crippen molar-refractivity contribution in [1.29, 1.82) is 5.26 Å². The van der Waals surface area contributed by atoms with E-state index < -0.39 is 12.1 Å². The SMILES string of the molecule is COc1cc(N2CC[C@@H]3[C@@H]2CCN3C(=O)c2ccc(C#N)cc2)ncn1.O=C(O)C(F)(F)F. The summed E-state index contributed by atoms with van der Waals surface area (Å²) in [6, 6.07) is 11.2. The second-order valence-corrected chi connectivity index (χ2v) is 7.31. The van der Waals surface area contributed by atoms with Gasteiger partial charge in [-0.3, -0.25) is 4.79 Å². The van der Waals surface area contributed by atoms with Crippen LogP contribution in [0.1, 0.15) is 28.8 Å². The van der Waals surface area contributed by atoms with Gasteiger partial charge in [-0.2, -0.15) is 18.4 Å². The molecule has 0 saturated carbocycles. The Balaban J connectivity index is 0.000000383. The number of benzene rings is 1. The first-order valence-electron chi connectivity index (χ1n) is 9.89. The van der Waals surface area contributed by atoms with Crippen molar-refractivity contribution in [2.45, 2.75) is 31.1 Å². The van der Waals surface area contributed by atoms with E-state index in [1.165, 1.54) is 6.33 Å². The van der Waals surface area contributed by atoms with Gasteiger partial charge in [0.1, 0.15) is 12.1 Å². The largest absolute Gasteiger partial charge is 0.490 e. The van der Waals surface area contributed by atoms with E-state index in [4.69, 9.17) is 19.9 Å². The third-order valence-electron chi connectivity index (χ3n) is 5.47. The summed E-state index contributed by atoms with van der Waals surface area (Å²) >= 11 is 0. The number of ether oxygens (including phenoxy) is 1. The van der Waals surface area contributed by atoms with Crippen molar-refractivity contribution in [3.63, 3.8) is 0 Å². The molecule has 3 heterocycles. The molecule has 33 heavy (non-hydrogen) atoms. The summed E-state index contributed by atoms with van der Waals surface area (Å²) in [5.41, 5.74) is 1.19. The van der Waals surface area contributed by atoms with Crippen molar-refractivity contribution in [2.75, 3.05) is 25.1 Å². The van der Waals surface area contributed by atoms with E-state index in [-0.39, 0.29) is 18.0 Å². The van der Waals surface area contributed by atoms with Gasteiger partial charge in [-0.1, -0.05) is 0 Å². The Hall–Kier alpha value is -3.88. The first-order valence-corrected chi connectivity index (χ1v) is 9.89. The molecule has 4 rings (SSSR count). The summed E-state index contributed by atoms with van der Waals surface area (Å²) in [4.78, 5) is 34.5.